The predicted molar refractivity (Wildman–Crippen MR) is 81.9 cm³/mol. The van der Waals surface area contributed by atoms with Gasteiger partial charge >= 0.3 is 5.97 Å². The highest BCUT2D eigenvalue weighted by Gasteiger charge is 2.17. The van der Waals surface area contributed by atoms with Crippen molar-refractivity contribution in [1.82, 2.24) is 0 Å². The molecule has 0 spiro atoms. The van der Waals surface area contributed by atoms with Crippen LogP contribution in [-0.2, 0) is 10.0 Å². The lowest BCUT2D eigenvalue weighted by molar-refractivity contribution is 0.0697. The summed E-state index contributed by atoms with van der Waals surface area (Å²) in [5, 5.41) is 9.00. The second-order valence-corrected chi connectivity index (χ2v) is 6.32. The summed E-state index contributed by atoms with van der Waals surface area (Å²) in [5.41, 5.74) is 0.967. The van der Waals surface area contributed by atoms with Gasteiger partial charge in [0.05, 0.1) is 23.3 Å². The molecule has 0 atom stereocenters. The van der Waals surface area contributed by atoms with Gasteiger partial charge in [-0.05, 0) is 37.3 Å². The highest BCUT2D eigenvalue weighted by Crippen LogP contribution is 2.28. The van der Waals surface area contributed by atoms with Gasteiger partial charge in [-0.15, -0.1) is 0 Å². The number of carbonyl (C=O) groups is 1. The van der Waals surface area contributed by atoms with Crippen LogP contribution in [0.15, 0.2) is 47.4 Å². The summed E-state index contributed by atoms with van der Waals surface area (Å²) in [6.45, 7) is 1.85. The number of methoxy groups -OCH3 is 1. The Morgan fingerprint density at radius 2 is 1.77 bits per heavy atom. The number of carboxylic acid groups (broad SMARTS) is 1. The minimum Gasteiger partial charge on any atom is -0.495 e. The van der Waals surface area contributed by atoms with Crippen molar-refractivity contribution in [3.8, 4) is 5.75 Å². The van der Waals surface area contributed by atoms with Gasteiger partial charge in [-0.1, -0.05) is 17.7 Å². The zero-order chi connectivity index (χ0) is 16.3. The first-order valence-electron chi connectivity index (χ1n) is 6.34. The molecule has 2 rings (SSSR count). The molecule has 0 bridgehead atoms. The van der Waals surface area contributed by atoms with Crippen molar-refractivity contribution in [3.63, 3.8) is 0 Å². The maximum absolute atomic E-state index is 12.3. The Morgan fingerprint density at radius 1 is 1.14 bits per heavy atom. The van der Waals surface area contributed by atoms with Crippen molar-refractivity contribution in [2.45, 2.75) is 11.8 Å². The normalized spacial score (nSPS) is 11.0. The number of ether oxygens (including phenoxy) is 1. The van der Waals surface area contributed by atoms with Crippen LogP contribution in [-0.4, -0.2) is 26.6 Å². The summed E-state index contributed by atoms with van der Waals surface area (Å²) in [6.07, 6.45) is 0. The van der Waals surface area contributed by atoms with Gasteiger partial charge in [0.2, 0.25) is 0 Å². The zero-order valence-corrected chi connectivity index (χ0v) is 12.8. The minimum atomic E-state index is -3.83. The van der Waals surface area contributed by atoms with Crippen molar-refractivity contribution in [3.05, 3.63) is 53.6 Å². The molecule has 7 heteroatoms. The van der Waals surface area contributed by atoms with E-state index in [1.165, 1.54) is 37.4 Å². The number of anilines is 1. The average Bonchev–Trinajstić information content (AvgIpc) is 2.47. The van der Waals surface area contributed by atoms with Gasteiger partial charge in [0.25, 0.3) is 10.0 Å². The summed E-state index contributed by atoms with van der Waals surface area (Å²) < 4.78 is 32.1. The fourth-order valence-corrected chi connectivity index (χ4v) is 2.90. The Labute approximate surface area is 128 Å². The van der Waals surface area contributed by atoms with E-state index in [4.69, 9.17) is 9.84 Å². The van der Waals surface area contributed by atoms with Gasteiger partial charge in [-0.2, -0.15) is 0 Å². The lowest BCUT2D eigenvalue weighted by atomic mass is 10.2. The van der Waals surface area contributed by atoms with Crippen molar-refractivity contribution < 1.29 is 23.1 Å². The van der Waals surface area contributed by atoms with Crippen LogP contribution >= 0.6 is 0 Å². The third-order valence-corrected chi connectivity index (χ3v) is 4.40. The van der Waals surface area contributed by atoms with Crippen LogP contribution in [0.5, 0.6) is 5.75 Å². The molecule has 0 unspecified atom stereocenters. The number of benzene rings is 2. The van der Waals surface area contributed by atoms with E-state index in [1.54, 1.807) is 12.1 Å². The fraction of sp³-hybridized carbons (Fsp3) is 0.133. The lowest BCUT2D eigenvalue weighted by Crippen LogP contribution is -2.14. The molecule has 2 N–H and O–H groups in total. The van der Waals surface area contributed by atoms with Crippen molar-refractivity contribution in [2.24, 2.45) is 0 Å². The highest BCUT2D eigenvalue weighted by atomic mass is 32.2. The van der Waals surface area contributed by atoms with E-state index in [1.807, 2.05) is 6.92 Å². The van der Waals surface area contributed by atoms with E-state index in [2.05, 4.69) is 4.72 Å². The smallest absolute Gasteiger partial charge is 0.335 e. The average molecular weight is 321 g/mol. The molecule has 0 saturated heterocycles. The molecule has 0 fully saturated rings. The first-order chi connectivity index (χ1) is 10.3. The molecule has 116 valence electrons. The molecule has 0 saturated carbocycles. The van der Waals surface area contributed by atoms with E-state index in [0.717, 1.165) is 5.56 Å². The summed E-state index contributed by atoms with van der Waals surface area (Å²) in [4.78, 5) is 11.1. The molecule has 22 heavy (non-hydrogen) atoms. The van der Waals surface area contributed by atoms with Gasteiger partial charge in [0.15, 0.2) is 0 Å². The predicted octanol–water partition coefficient (Wildman–Crippen LogP) is 2.50. The maximum Gasteiger partial charge on any atom is 0.335 e. The van der Waals surface area contributed by atoms with E-state index in [0.29, 0.717) is 0 Å². The number of nitrogens with one attached hydrogen (secondary N) is 1. The molecule has 0 radical (unpaired) electrons. The molecule has 0 aliphatic heterocycles. The minimum absolute atomic E-state index is 0.0394. The van der Waals surface area contributed by atoms with Crippen LogP contribution < -0.4 is 9.46 Å². The molecule has 0 heterocycles. The molecule has 0 aliphatic rings. The molecule has 0 aliphatic carbocycles. The number of aryl methyl sites for hydroxylation is 1. The van der Waals surface area contributed by atoms with Gasteiger partial charge in [0.1, 0.15) is 5.75 Å². The maximum atomic E-state index is 12.3. The SMILES string of the molecule is COc1ccc(C(=O)O)cc1NS(=O)(=O)c1ccc(C)cc1. The summed E-state index contributed by atoms with van der Waals surface area (Å²) in [5.74, 6) is -0.917. The monoisotopic (exact) mass is 321 g/mol. The molecule has 2 aromatic rings. The summed E-state index contributed by atoms with van der Waals surface area (Å²) in [6, 6.07) is 10.3. The van der Waals surface area contributed by atoms with Gasteiger partial charge in [-0.25, -0.2) is 13.2 Å². The van der Waals surface area contributed by atoms with Gasteiger partial charge in [-0.3, -0.25) is 4.72 Å². The molecule has 6 nitrogen and oxygen atoms in total. The Hall–Kier alpha value is -2.54. The summed E-state index contributed by atoms with van der Waals surface area (Å²) in [7, 11) is -2.45. The van der Waals surface area contributed by atoms with Crippen LogP contribution in [0.3, 0.4) is 0 Å². The zero-order valence-electron chi connectivity index (χ0n) is 12.0. The molecular formula is C15H15NO5S. The first kappa shape index (κ1) is 15.8. The van der Waals surface area contributed by atoms with Crippen LogP contribution in [0.2, 0.25) is 0 Å². The van der Waals surface area contributed by atoms with Crippen molar-refractivity contribution >= 4 is 21.7 Å². The number of hydrogen-bond donors (Lipinski definition) is 2. The van der Waals surface area contributed by atoms with Crippen LogP contribution in [0.1, 0.15) is 15.9 Å². The number of carboxylic acids is 1. The Bertz CT molecular complexity index is 797. The van der Waals surface area contributed by atoms with E-state index >= 15 is 0 Å². The molecular weight excluding hydrogens is 306 g/mol. The number of rotatable bonds is 5. The van der Waals surface area contributed by atoms with Crippen molar-refractivity contribution in [1.29, 1.82) is 0 Å². The molecule has 0 amide bonds. The quantitative estimate of drug-likeness (QED) is 0.882. The Morgan fingerprint density at radius 3 is 2.32 bits per heavy atom. The molecule has 2 aromatic carbocycles. The Kier molecular flexibility index (Phi) is 4.37. The van der Waals surface area contributed by atoms with E-state index in [9.17, 15) is 13.2 Å². The van der Waals surface area contributed by atoms with Gasteiger partial charge in [0, 0.05) is 0 Å². The first-order valence-corrected chi connectivity index (χ1v) is 7.82. The Balaban J connectivity index is 2.42. The molecule has 0 aromatic heterocycles. The van der Waals surface area contributed by atoms with Crippen LogP contribution in [0, 0.1) is 6.92 Å². The third kappa shape index (κ3) is 3.37. The summed E-state index contributed by atoms with van der Waals surface area (Å²) >= 11 is 0. The largest absolute Gasteiger partial charge is 0.495 e. The topological polar surface area (TPSA) is 92.7 Å². The van der Waals surface area contributed by atoms with Crippen molar-refractivity contribution in [2.75, 3.05) is 11.8 Å². The number of sulfonamides is 1. The second kappa shape index (κ2) is 6.07. The standard InChI is InChI=1S/C15H15NO5S/c1-10-3-6-12(7-4-10)22(19,20)16-13-9-11(15(17)18)5-8-14(13)21-2/h3-9,16H,1-2H3,(H,17,18). The van der Waals surface area contributed by atoms with E-state index < -0.39 is 16.0 Å². The highest BCUT2D eigenvalue weighted by molar-refractivity contribution is 7.92. The fourth-order valence-electron chi connectivity index (χ4n) is 1.84. The van der Waals surface area contributed by atoms with Crippen LogP contribution in [0.4, 0.5) is 5.69 Å². The number of aromatic carboxylic acids is 1. The van der Waals surface area contributed by atoms with E-state index in [-0.39, 0.29) is 21.9 Å². The lowest BCUT2D eigenvalue weighted by Gasteiger charge is -2.12. The number of hydrogen-bond acceptors (Lipinski definition) is 4. The second-order valence-electron chi connectivity index (χ2n) is 4.64. The third-order valence-electron chi connectivity index (χ3n) is 3.02. The van der Waals surface area contributed by atoms with Crippen LogP contribution in [0.25, 0.3) is 0 Å². The van der Waals surface area contributed by atoms with Gasteiger partial charge < -0.3 is 9.84 Å².